The van der Waals surface area contributed by atoms with Crippen molar-refractivity contribution in [2.45, 2.75) is 13.3 Å². The molecule has 0 unspecified atom stereocenters. The highest BCUT2D eigenvalue weighted by molar-refractivity contribution is 6.05. The van der Waals surface area contributed by atoms with Gasteiger partial charge in [0.25, 0.3) is 0 Å². The molecule has 10 heteroatoms. The highest BCUT2D eigenvalue weighted by Gasteiger charge is 2.23. The van der Waals surface area contributed by atoms with E-state index in [4.69, 9.17) is 4.74 Å². The van der Waals surface area contributed by atoms with E-state index in [0.717, 1.165) is 0 Å². The van der Waals surface area contributed by atoms with Gasteiger partial charge in [-0.15, -0.1) is 5.10 Å². The van der Waals surface area contributed by atoms with Gasteiger partial charge in [-0.3, -0.25) is 9.48 Å². The molecule has 0 fully saturated rings. The van der Waals surface area contributed by atoms with Gasteiger partial charge in [-0.1, -0.05) is 0 Å². The number of pyridine rings is 2. The normalized spacial score (nSPS) is 11.0. The minimum absolute atomic E-state index is 0.0362. The number of esters is 1. The Labute approximate surface area is 170 Å². The molecule has 30 heavy (non-hydrogen) atoms. The summed E-state index contributed by atoms with van der Waals surface area (Å²) in [6.07, 6.45) is 4.37. The Bertz CT molecular complexity index is 1260. The second kappa shape index (κ2) is 7.82. The fourth-order valence-electron chi connectivity index (χ4n) is 3.09. The van der Waals surface area contributed by atoms with Crippen molar-refractivity contribution in [3.63, 3.8) is 0 Å². The number of nitrogens with zero attached hydrogens (tertiary/aromatic N) is 6. The van der Waals surface area contributed by atoms with Crippen LogP contribution in [0.2, 0.25) is 0 Å². The van der Waals surface area contributed by atoms with Crippen LogP contribution in [0.15, 0.2) is 42.9 Å². The SMILES string of the molecule is CCOC(=O)c1cnn(C)c1C(=O)Cc1ccn2nc(-c3ccnc(F)c3)nc2c1. The molecule has 0 atom stereocenters. The van der Waals surface area contributed by atoms with E-state index < -0.39 is 11.9 Å². The first-order valence-corrected chi connectivity index (χ1v) is 9.16. The van der Waals surface area contributed by atoms with Crippen LogP contribution in [0.3, 0.4) is 0 Å². The van der Waals surface area contributed by atoms with Crippen molar-refractivity contribution in [1.82, 2.24) is 29.4 Å². The summed E-state index contributed by atoms with van der Waals surface area (Å²) in [5.41, 5.74) is 2.00. The van der Waals surface area contributed by atoms with E-state index in [9.17, 15) is 14.0 Å². The van der Waals surface area contributed by atoms with Crippen LogP contribution < -0.4 is 0 Å². The van der Waals surface area contributed by atoms with E-state index in [1.165, 1.54) is 27.7 Å². The highest BCUT2D eigenvalue weighted by atomic mass is 19.1. The second-order valence-corrected chi connectivity index (χ2v) is 6.49. The molecule has 0 aliphatic carbocycles. The molecule has 152 valence electrons. The van der Waals surface area contributed by atoms with E-state index in [0.29, 0.717) is 22.6 Å². The summed E-state index contributed by atoms with van der Waals surface area (Å²) in [5.74, 6) is -1.14. The number of aromatic nitrogens is 6. The summed E-state index contributed by atoms with van der Waals surface area (Å²) in [5, 5.41) is 8.33. The van der Waals surface area contributed by atoms with Crippen LogP contribution in [0.4, 0.5) is 4.39 Å². The number of ether oxygens (including phenoxy) is 1. The van der Waals surface area contributed by atoms with Crippen molar-refractivity contribution < 1.29 is 18.7 Å². The van der Waals surface area contributed by atoms with Crippen LogP contribution in [0.5, 0.6) is 0 Å². The third-order valence-corrected chi connectivity index (χ3v) is 4.45. The fourth-order valence-corrected chi connectivity index (χ4v) is 3.09. The van der Waals surface area contributed by atoms with Gasteiger partial charge in [0.1, 0.15) is 11.3 Å². The molecule has 0 saturated heterocycles. The molecule has 0 aliphatic heterocycles. The van der Waals surface area contributed by atoms with Gasteiger partial charge in [0.15, 0.2) is 17.3 Å². The van der Waals surface area contributed by atoms with Crippen molar-refractivity contribution >= 4 is 17.4 Å². The van der Waals surface area contributed by atoms with Crippen LogP contribution in [-0.2, 0) is 18.2 Å². The van der Waals surface area contributed by atoms with Gasteiger partial charge in [0, 0.05) is 37.5 Å². The summed E-state index contributed by atoms with van der Waals surface area (Å²) < 4.78 is 21.3. The average molecular weight is 408 g/mol. The predicted octanol–water partition coefficient (Wildman–Crippen LogP) is 2.27. The van der Waals surface area contributed by atoms with Gasteiger partial charge in [-0.25, -0.2) is 19.3 Å². The van der Waals surface area contributed by atoms with Crippen LogP contribution in [0.1, 0.15) is 33.3 Å². The molecular weight excluding hydrogens is 391 g/mol. The minimum Gasteiger partial charge on any atom is -0.462 e. The highest BCUT2D eigenvalue weighted by Crippen LogP contribution is 2.18. The predicted molar refractivity (Wildman–Crippen MR) is 103 cm³/mol. The maximum absolute atomic E-state index is 13.4. The van der Waals surface area contributed by atoms with Gasteiger partial charge in [-0.2, -0.15) is 9.49 Å². The largest absolute Gasteiger partial charge is 0.462 e. The number of Topliss-reactive ketones (excluding diaryl/α,β-unsaturated/α-hetero) is 1. The summed E-state index contributed by atoms with van der Waals surface area (Å²) >= 11 is 0. The minimum atomic E-state index is -0.619. The molecule has 9 nitrogen and oxygen atoms in total. The van der Waals surface area contributed by atoms with Crippen LogP contribution >= 0.6 is 0 Å². The fraction of sp³-hybridized carbons (Fsp3) is 0.200. The number of ketones is 1. The molecule has 4 rings (SSSR count). The quantitative estimate of drug-likeness (QED) is 0.274. The smallest absolute Gasteiger partial charge is 0.342 e. The number of hydrogen-bond donors (Lipinski definition) is 0. The molecule has 0 N–H and O–H groups in total. The first-order chi connectivity index (χ1) is 14.5. The molecule has 4 aromatic rings. The molecule has 4 heterocycles. The zero-order valence-electron chi connectivity index (χ0n) is 16.2. The average Bonchev–Trinajstić information content (AvgIpc) is 3.31. The number of rotatable bonds is 6. The Kier molecular flexibility index (Phi) is 5.05. The number of carbonyl (C=O) groups excluding carboxylic acids is 2. The third kappa shape index (κ3) is 3.66. The zero-order chi connectivity index (χ0) is 21.3. The van der Waals surface area contributed by atoms with Gasteiger partial charge in [0.2, 0.25) is 5.95 Å². The molecule has 0 aromatic carbocycles. The molecule has 0 bridgehead atoms. The monoisotopic (exact) mass is 408 g/mol. The number of carbonyl (C=O) groups is 2. The Balaban J connectivity index is 1.61. The van der Waals surface area contributed by atoms with Crippen LogP contribution in [0, 0.1) is 5.95 Å². The van der Waals surface area contributed by atoms with E-state index in [2.05, 4.69) is 20.2 Å². The standard InChI is InChI=1S/C20H17FN6O3/c1-3-30-20(29)14-11-23-26(2)18(14)15(28)8-12-5-7-27-17(9-12)24-19(25-27)13-4-6-22-16(21)10-13/h4-7,9-11H,3,8H2,1-2H3. The Morgan fingerprint density at radius 1 is 1.23 bits per heavy atom. The lowest BCUT2D eigenvalue weighted by molar-refractivity contribution is 0.0522. The number of hydrogen-bond acceptors (Lipinski definition) is 7. The van der Waals surface area contributed by atoms with Crippen molar-refractivity contribution in [1.29, 1.82) is 0 Å². The van der Waals surface area contributed by atoms with Crippen molar-refractivity contribution in [3.05, 3.63) is 65.6 Å². The summed E-state index contributed by atoms with van der Waals surface area (Å²) in [6.45, 7) is 1.90. The number of fused-ring (bicyclic) bond motifs is 1. The van der Waals surface area contributed by atoms with Crippen molar-refractivity contribution in [2.75, 3.05) is 6.61 Å². The number of halogens is 1. The molecule has 4 aromatic heterocycles. The number of aryl methyl sites for hydroxylation is 1. The van der Waals surface area contributed by atoms with Gasteiger partial charge in [0.05, 0.1) is 12.8 Å². The molecule has 0 radical (unpaired) electrons. The van der Waals surface area contributed by atoms with E-state index in [1.54, 1.807) is 38.4 Å². The first-order valence-electron chi connectivity index (χ1n) is 9.16. The molecule has 0 saturated carbocycles. The van der Waals surface area contributed by atoms with Gasteiger partial charge < -0.3 is 4.74 Å². The maximum atomic E-state index is 13.4. The summed E-state index contributed by atoms with van der Waals surface area (Å²) in [4.78, 5) is 32.9. The Hall–Kier alpha value is -3.95. The van der Waals surface area contributed by atoms with Crippen molar-refractivity contribution in [3.8, 4) is 11.4 Å². The summed E-state index contributed by atoms with van der Waals surface area (Å²) in [7, 11) is 1.60. The first kappa shape index (κ1) is 19.4. The van der Waals surface area contributed by atoms with Crippen LogP contribution in [-0.4, -0.2) is 47.7 Å². The third-order valence-electron chi connectivity index (χ3n) is 4.45. The molecule has 0 amide bonds. The van der Waals surface area contributed by atoms with E-state index >= 15 is 0 Å². The topological polar surface area (TPSA) is 104 Å². The summed E-state index contributed by atoms with van der Waals surface area (Å²) in [6, 6.07) is 6.31. The molecule has 0 aliphatic rings. The van der Waals surface area contributed by atoms with Crippen molar-refractivity contribution in [2.24, 2.45) is 7.05 Å². The van der Waals surface area contributed by atoms with E-state index in [-0.39, 0.29) is 30.1 Å². The lowest BCUT2D eigenvalue weighted by atomic mass is 10.1. The van der Waals surface area contributed by atoms with E-state index in [1.807, 2.05) is 0 Å². The Morgan fingerprint density at radius 2 is 2.07 bits per heavy atom. The zero-order valence-corrected chi connectivity index (χ0v) is 16.2. The maximum Gasteiger partial charge on any atom is 0.342 e. The lowest BCUT2D eigenvalue weighted by Gasteiger charge is -2.06. The lowest BCUT2D eigenvalue weighted by Crippen LogP contribution is -2.15. The molecule has 0 spiro atoms. The molecular formula is C20H17FN6O3. The van der Waals surface area contributed by atoms with Gasteiger partial charge >= 0.3 is 5.97 Å². The second-order valence-electron chi connectivity index (χ2n) is 6.49. The Morgan fingerprint density at radius 3 is 2.83 bits per heavy atom. The van der Waals surface area contributed by atoms with Gasteiger partial charge in [-0.05, 0) is 30.7 Å². The van der Waals surface area contributed by atoms with Crippen LogP contribution in [0.25, 0.3) is 17.0 Å².